The Kier molecular flexibility index (Phi) is 3.99. The lowest BCUT2D eigenvalue weighted by Gasteiger charge is -2.29. The van der Waals surface area contributed by atoms with Crippen molar-refractivity contribution in [3.8, 4) is 0 Å². The van der Waals surface area contributed by atoms with Crippen molar-refractivity contribution in [2.24, 2.45) is 17.6 Å². The van der Waals surface area contributed by atoms with Crippen LogP contribution in [-0.2, 0) is 5.54 Å². The maximum Gasteiger partial charge on any atom is 0.0702 e. The molecule has 1 fully saturated rings. The van der Waals surface area contributed by atoms with Crippen molar-refractivity contribution in [3.63, 3.8) is 0 Å². The number of para-hydroxylation sites is 1. The first-order chi connectivity index (χ1) is 10.1. The average molecular weight is 282 g/mol. The molecule has 0 spiro atoms. The Morgan fingerprint density at radius 2 is 2.00 bits per heavy atom. The van der Waals surface area contributed by atoms with E-state index >= 15 is 0 Å². The molecule has 1 aliphatic carbocycles. The van der Waals surface area contributed by atoms with E-state index in [1.54, 1.807) is 0 Å². The van der Waals surface area contributed by atoms with Crippen LogP contribution in [0.25, 0.3) is 10.9 Å². The topological polar surface area (TPSA) is 38.9 Å². The third kappa shape index (κ3) is 2.96. The summed E-state index contributed by atoms with van der Waals surface area (Å²) in [7, 11) is 0. The molecule has 1 aromatic heterocycles. The highest BCUT2D eigenvalue weighted by Gasteiger charge is 2.32. The van der Waals surface area contributed by atoms with Crippen LogP contribution >= 0.6 is 0 Å². The zero-order valence-corrected chi connectivity index (χ0v) is 13.2. The van der Waals surface area contributed by atoms with E-state index < -0.39 is 0 Å². The summed E-state index contributed by atoms with van der Waals surface area (Å²) in [6.45, 7) is 4.68. The first kappa shape index (κ1) is 14.5. The maximum absolute atomic E-state index is 6.79. The van der Waals surface area contributed by atoms with Gasteiger partial charge in [0.25, 0.3) is 0 Å². The van der Waals surface area contributed by atoms with E-state index in [2.05, 4.69) is 43.1 Å². The van der Waals surface area contributed by atoms with Gasteiger partial charge in [0.1, 0.15) is 0 Å². The van der Waals surface area contributed by atoms with Gasteiger partial charge in [-0.2, -0.15) is 0 Å². The molecule has 3 rings (SSSR count). The SMILES string of the molecule is CC(C)C1CCCC(N)(c2cnc3ccccc3c2)CC1. The molecule has 2 heteroatoms. The second-order valence-electron chi connectivity index (χ2n) is 7.01. The molecule has 1 heterocycles. The van der Waals surface area contributed by atoms with Gasteiger partial charge in [-0.25, -0.2) is 0 Å². The number of hydrogen-bond donors (Lipinski definition) is 1. The minimum atomic E-state index is -0.194. The minimum Gasteiger partial charge on any atom is -0.321 e. The van der Waals surface area contributed by atoms with Gasteiger partial charge in [0.2, 0.25) is 0 Å². The highest BCUT2D eigenvalue weighted by atomic mass is 14.8. The van der Waals surface area contributed by atoms with Crippen LogP contribution in [0.3, 0.4) is 0 Å². The van der Waals surface area contributed by atoms with E-state index in [1.807, 2.05) is 12.3 Å². The van der Waals surface area contributed by atoms with Crippen LogP contribution in [0.15, 0.2) is 36.5 Å². The number of nitrogens with two attached hydrogens (primary N) is 1. The summed E-state index contributed by atoms with van der Waals surface area (Å²) in [6, 6.07) is 10.5. The van der Waals surface area contributed by atoms with Crippen LogP contribution in [0.5, 0.6) is 0 Å². The predicted molar refractivity (Wildman–Crippen MR) is 89.0 cm³/mol. The van der Waals surface area contributed by atoms with Gasteiger partial charge in [0.05, 0.1) is 5.52 Å². The fraction of sp³-hybridized carbons (Fsp3) is 0.526. The summed E-state index contributed by atoms with van der Waals surface area (Å²) in [4.78, 5) is 4.61. The smallest absolute Gasteiger partial charge is 0.0702 e. The molecular weight excluding hydrogens is 256 g/mol. The van der Waals surface area contributed by atoms with Gasteiger partial charge in [0, 0.05) is 17.1 Å². The zero-order chi connectivity index (χ0) is 14.9. The summed E-state index contributed by atoms with van der Waals surface area (Å²) in [5.74, 6) is 1.59. The van der Waals surface area contributed by atoms with E-state index in [0.717, 1.165) is 30.2 Å². The van der Waals surface area contributed by atoms with E-state index in [1.165, 1.54) is 30.2 Å². The lowest BCUT2D eigenvalue weighted by Crippen LogP contribution is -2.36. The van der Waals surface area contributed by atoms with Crippen molar-refractivity contribution in [1.29, 1.82) is 0 Å². The zero-order valence-electron chi connectivity index (χ0n) is 13.2. The summed E-state index contributed by atoms with van der Waals surface area (Å²) < 4.78 is 0. The Labute approximate surface area is 127 Å². The van der Waals surface area contributed by atoms with Crippen molar-refractivity contribution in [2.45, 2.75) is 51.5 Å². The Bertz CT molecular complexity index is 620. The lowest BCUT2D eigenvalue weighted by molar-refractivity contribution is 0.325. The first-order valence-corrected chi connectivity index (χ1v) is 8.23. The van der Waals surface area contributed by atoms with Crippen molar-refractivity contribution in [2.75, 3.05) is 0 Å². The molecule has 0 saturated heterocycles. The molecule has 1 aliphatic rings. The van der Waals surface area contributed by atoms with Crippen molar-refractivity contribution >= 4 is 10.9 Å². The second kappa shape index (κ2) is 5.76. The van der Waals surface area contributed by atoms with E-state index in [9.17, 15) is 0 Å². The number of aromatic nitrogens is 1. The standard InChI is InChI=1S/C19H26N2/c1-14(2)15-7-5-10-19(20,11-9-15)17-12-16-6-3-4-8-18(16)21-13-17/h3-4,6,8,12-15H,5,7,9-11,20H2,1-2H3. The summed E-state index contributed by atoms with van der Waals surface area (Å²) in [5, 5.41) is 1.20. The Balaban J connectivity index is 1.89. The van der Waals surface area contributed by atoms with Gasteiger partial charge in [-0.05, 0) is 48.8 Å². The Morgan fingerprint density at radius 1 is 1.19 bits per heavy atom. The average Bonchev–Trinajstić information content (AvgIpc) is 2.70. The monoisotopic (exact) mass is 282 g/mol. The van der Waals surface area contributed by atoms with Gasteiger partial charge >= 0.3 is 0 Å². The Hall–Kier alpha value is -1.41. The molecule has 2 atom stereocenters. The third-order valence-electron chi connectivity index (χ3n) is 5.27. The number of hydrogen-bond acceptors (Lipinski definition) is 2. The third-order valence-corrected chi connectivity index (χ3v) is 5.27. The van der Waals surface area contributed by atoms with E-state index in [-0.39, 0.29) is 5.54 Å². The number of rotatable bonds is 2. The fourth-order valence-corrected chi connectivity index (χ4v) is 3.69. The van der Waals surface area contributed by atoms with Gasteiger partial charge < -0.3 is 5.73 Å². The number of pyridine rings is 1. The van der Waals surface area contributed by atoms with Gasteiger partial charge in [-0.1, -0.05) is 44.9 Å². The van der Waals surface area contributed by atoms with Gasteiger partial charge in [-0.15, -0.1) is 0 Å². The molecule has 21 heavy (non-hydrogen) atoms. The summed E-state index contributed by atoms with van der Waals surface area (Å²) >= 11 is 0. The Morgan fingerprint density at radius 3 is 2.81 bits per heavy atom. The van der Waals surface area contributed by atoms with Crippen LogP contribution < -0.4 is 5.73 Å². The highest BCUT2D eigenvalue weighted by Crippen LogP contribution is 2.38. The molecule has 112 valence electrons. The van der Waals surface area contributed by atoms with Crippen molar-refractivity contribution < 1.29 is 0 Å². The largest absolute Gasteiger partial charge is 0.321 e. The van der Waals surface area contributed by atoms with Crippen molar-refractivity contribution in [1.82, 2.24) is 4.98 Å². The predicted octanol–water partition coefficient (Wildman–Crippen LogP) is 4.63. The first-order valence-electron chi connectivity index (χ1n) is 8.23. The molecule has 0 amide bonds. The molecule has 2 aromatic rings. The molecule has 2 N–H and O–H groups in total. The number of benzene rings is 1. The molecule has 1 aromatic carbocycles. The highest BCUT2D eigenvalue weighted by molar-refractivity contribution is 5.78. The molecule has 0 aliphatic heterocycles. The summed E-state index contributed by atoms with van der Waals surface area (Å²) in [5.41, 5.74) is 8.87. The fourth-order valence-electron chi connectivity index (χ4n) is 3.69. The molecule has 1 saturated carbocycles. The molecule has 0 radical (unpaired) electrons. The maximum atomic E-state index is 6.79. The van der Waals surface area contributed by atoms with Crippen LogP contribution in [-0.4, -0.2) is 4.98 Å². The van der Waals surface area contributed by atoms with E-state index in [4.69, 9.17) is 5.73 Å². The lowest BCUT2D eigenvalue weighted by atomic mass is 9.83. The number of fused-ring (bicyclic) bond motifs is 1. The van der Waals surface area contributed by atoms with Gasteiger partial charge in [0.15, 0.2) is 0 Å². The molecule has 0 bridgehead atoms. The van der Waals surface area contributed by atoms with Crippen LogP contribution in [0.4, 0.5) is 0 Å². The normalized spacial score (nSPS) is 27.0. The van der Waals surface area contributed by atoms with E-state index in [0.29, 0.717) is 0 Å². The molecule has 2 unspecified atom stereocenters. The molecular formula is C19H26N2. The second-order valence-corrected chi connectivity index (χ2v) is 7.01. The van der Waals surface area contributed by atoms with Crippen LogP contribution in [0.1, 0.15) is 51.5 Å². The quantitative estimate of drug-likeness (QED) is 0.816. The number of nitrogens with zero attached hydrogens (tertiary/aromatic N) is 1. The van der Waals surface area contributed by atoms with Crippen LogP contribution in [0.2, 0.25) is 0 Å². The van der Waals surface area contributed by atoms with Crippen LogP contribution in [0, 0.1) is 11.8 Å². The van der Waals surface area contributed by atoms with Crippen molar-refractivity contribution in [3.05, 3.63) is 42.1 Å². The minimum absolute atomic E-state index is 0.194. The molecule has 2 nitrogen and oxygen atoms in total. The van der Waals surface area contributed by atoms with Gasteiger partial charge in [-0.3, -0.25) is 4.98 Å². The summed E-state index contributed by atoms with van der Waals surface area (Å²) in [6.07, 6.45) is 7.94.